The van der Waals surface area contributed by atoms with Gasteiger partial charge in [-0.1, -0.05) is 42.5 Å². The molecule has 0 aliphatic carbocycles. The van der Waals surface area contributed by atoms with Crippen LogP contribution in [0.25, 0.3) is 0 Å². The average Bonchev–Trinajstić information content (AvgIpc) is 2.65. The van der Waals surface area contributed by atoms with Crippen LogP contribution in [-0.2, 0) is 20.9 Å². The first-order valence-corrected chi connectivity index (χ1v) is 7.33. The summed E-state index contributed by atoms with van der Waals surface area (Å²) in [5.74, 6) is -2.32. The molecule has 0 saturated carbocycles. The summed E-state index contributed by atoms with van der Waals surface area (Å²) in [4.78, 5) is 36.2. The average molecular weight is 326 g/mol. The Labute approximate surface area is 139 Å². The number of ether oxygens (including phenoxy) is 1. The number of nitrogens with one attached hydrogen (secondary N) is 1. The molecule has 1 atom stereocenters. The quantitative estimate of drug-likeness (QED) is 0.617. The largest absolute Gasteiger partial charge is 0.463 e. The molecule has 0 fully saturated rings. The molecule has 6 heteroatoms. The highest BCUT2D eigenvalue weighted by molar-refractivity contribution is 6.36. The first-order chi connectivity index (χ1) is 11.6. The van der Waals surface area contributed by atoms with Gasteiger partial charge in [-0.15, -0.1) is 0 Å². The predicted octanol–water partition coefficient (Wildman–Crippen LogP) is 1.36. The third kappa shape index (κ3) is 4.05. The van der Waals surface area contributed by atoms with Crippen LogP contribution in [0, 0.1) is 0 Å². The van der Waals surface area contributed by atoms with Gasteiger partial charge in [-0.25, -0.2) is 4.79 Å². The monoisotopic (exact) mass is 326 g/mol. The summed E-state index contributed by atoms with van der Waals surface area (Å²) in [6, 6.07) is 14.1. The molecule has 0 heterocycles. The minimum absolute atomic E-state index is 0.353. The van der Waals surface area contributed by atoms with Gasteiger partial charge in [0.15, 0.2) is 0 Å². The Hall–Kier alpha value is -2.99. The van der Waals surface area contributed by atoms with Crippen molar-refractivity contribution in [2.24, 2.45) is 5.73 Å². The maximum atomic E-state index is 12.3. The number of esters is 1. The Morgan fingerprint density at radius 3 is 2.21 bits per heavy atom. The number of benzene rings is 2. The topological polar surface area (TPSA) is 98.5 Å². The van der Waals surface area contributed by atoms with Crippen molar-refractivity contribution in [3.63, 3.8) is 0 Å². The molecule has 0 aliphatic heterocycles. The maximum absolute atomic E-state index is 12.3. The zero-order valence-corrected chi connectivity index (χ0v) is 13.2. The summed E-state index contributed by atoms with van der Waals surface area (Å²) in [7, 11) is 1.12. The van der Waals surface area contributed by atoms with E-state index < -0.39 is 23.7 Å². The molecule has 0 aliphatic rings. The van der Waals surface area contributed by atoms with Crippen molar-refractivity contribution in [1.82, 2.24) is 5.32 Å². The second-order valence-corrected chi connectivity index (χ2v) is 5.07. The fraction of sp³-hybridized carbons (Fsp3) is 0.167. The molecule has 0 aromatic heterocycles. The third-order valence-corrected chi connectivity index (χ3v) is 3.51. The Morgan fingerprint density at radius 2 is 1.67 bits per heavy atom. The van der Waals surface area contributed by atoms with Crippen LogP contribution in [0.1, 0.15) is 27.5 Å². The first-order valence-electron chi connectivity index (χ1n) is 7.33. The molecule has 6 nitrogen and oxygen atoms in total. The van der Waals surface area contributed by atoms with E-state index >= 15 is 0 Å². The number of rotatable bonds is 6. The molecule has 0 bridgehead atoms. The molecule has 1 unspecified atom stereocenters. The SMILES string of the molecule is COC(=O)C(=O)C(NC(=O)c1ccccc1)c1ccc(CN)cc1. The maximum Gasteiger partial charge on any atom is 0.376 e. The van der Waals surface area contributed by atoms with Gasteiger partial charge in [0.1, 0.15) is 6.04 Å². The predicted molar refractivity (Wildman–Crippen MR) is 88.0 cm³/mol. The lowest BCUT2D eigenvalue weighted by Crippen LogP contribution is -2.37. The Morgan fingerprint density at radius 1 is 1.04 bits per heavy atom. The van der Waals surface area contributed by atoms with E-state index in [1.54, 1.807) is 54.6 Å². The molecule has 0 saturated heterocycles. The highest BCUT2D eigenvalue weighted by Gasteiger charge is 2.29. The molecule has 24 heavy (non-hydrogen) atoms. The van der Waals surface area contributed by atoms with Crippen LogP contribution in [0.2, 0.25) is 0 Å². The standard InChI is InChI=1S/C18H18N2O4/c1-24-18(23)16(21)15(13-9-7-12(11-19)8-10-13)20-17(22)14-5-3-2-4-6-14/h2-10,15H,11,19H2,1H3,(H,20,22). The molecule has 0 radical (unpaired) electrons. The first kappa shape index (κ1) is 17.4. The van der Waals surface area contributed by atoms with E-state index in [1.165, 1.54) is 0 Å². The van der Waals surface area contributed by atoms with Crippen LogP contribution < -0.4 is 11.1 Å². The van der Waals surface area contributed by atoms with E-state index in [0.717, 1.165) is 12.7 Å². The molecule has 124 valence electrons. The molecular weight excluding hydrogens is 308 g/mol. The number of ketones is 1. The molecular formula is C18H18N2O4. The van der Waals surface area contributed by atoms with Crippen molar-refractivity contribution >= 4 is 17.7 Å². The number of hydrogen-bond acceptors (Lipinski definition) is 5. The summed E-state index contributed by atoms with van der Waals surface area (Å²) < 4.78 is 4.49. The van der Waals surface area contributed by atoms with E-state index in [9.17, 15) is 14.4 Å². The number of carbonyl (C=O) groups is 3. The van der Waals surface area contributed by atoms with E-state index in [4.69, 9.17) is 5.73 Å². The van der Waals surface area contributed by atoms with E-state index in [1.807, 2.05) is 0 Å². The number of hydrogen-bond donors (Lipinski definition) is 2. The fourth-order valence-corrected chi connectivity index (χ4v) is 2.17. The van der Waals surface area contributed by atoms with Crippen LogP contribution in [0.3, 0.4) is 0 Å². The lowest BCUT2D eigenvalue weighted by molar-refractivity contribution is -0.152. The number of Topliss-reactive ketones (excluding diaryl/α,β-unsaturated/α-hetero) is 1. The third-order valence-electron chi connectivity index (χ3n) is 3.51. The van der Waals surface area contributed by atoms with Gasteiger partial charge < -0.3 is 15.8 Å². The summed E-state index contributed by atoms with van der Waals surface area (Å²) in [5.41, 5.74) is 7.29. The molecule has 2 aromatic carbocycles. The van der Waals surface area contributed by atoms with Gasteiger partial charge >= 0.3 is 5.97 Å². The molecule has 2 aromatic rings. The van der Waals surface area contributed by atoms with Crippen molar-refractivity contribution in [1.29, 1.82) is 0 Å². The number of nitrogens with two attached hydrogens (primary N) is 1. The zero-order valence-electron chi connectivity index (χ0n) is 13.2. The van der Waals surface area contributed by atoms with Crippen molar-refractivity contribution < 1.29 is 19.1 Å². The lowest BCUT2D eigenvalue weighted by atomic mass is 10.0. The lowest BCUT2D eigenvalue weighted by Gasteiger charge is -2.17. The summed E-state index contributed by atoms with van der Waals surface area (Å²) >= 11 is 0. The second-order valence-electron chi connectivity index (χ2n) is 5.07. The molecule has 2 rings (SSSR count). The highest BCUT2D eigenvalue weighted by Crippen LogP contribution is 2.17. The smallest absolute Gasteiger partial charge is 0.376 e. The Kier molecular flexibility index (Phi) is 5.81. The molecule has 0 spiro atoms. The molecule has 3 N–H and O–H groups in total. The van der Waals surface area contributed by atoms with Gasteiger partial charge in [-0.05, 0) is 23.3 Å². The van der Waals surface area contributed by atoms with Crippen molar-refractivity contribution in [3.8, 4) is 0 Å². The summed E-state index contributed by atoms with van der Waals surface area (Å²) in [6.07, 6.45) is 0. The minimum atomic E-state index is -1.13. The van der Waals surface area contributed by atoms with Crippen molar-refractivity contribution in [2.75, 3.05) is 7.11 Å². The highest BCUT2D eigenvalue weighted by atomic mass is 16.5. The van der Waals surface area contributed by atoms with Crippen LogP contribution in [0.5, 0.6) is 0 Å². The normalized spacial score (nSPS) is 11.4. The van der Waals surface area contributed by atoms with E-state index in [-0.39, 0.29) is 0 Å². The van der Waals surface area contributed by atoms with E-state index in [0.29, 0.717) is 17.7 Å². The fourth-order valence-electron chi connectivity index (χ4n) is 2.17. The summed E-state index contributed by atoms with van der Waals surface area (Å²) in [5, 5.41) is 2.58. The van der Waals surface area contributed by atoms with Gasteiger partial charge in [-0.3, -0.25) is 9.59 Å². The van der Waals surface area contributed by atoms with Crippen LogP contribution in [0.4, 0.5) is 0 Å². The van der Waals surface area contributed by atoms with Gasteiger partial charge in [0.05, 0.1) is 7.11 Å². The van der Waals surface area contributed by atoms with Gasteiger partial charge in [0.25, 0.3) is 11.7 Å². The van der Waals surface area contributed by atoms with Crippen LogP contribution >= 0.6 is 0 Å². The minimum Gasteiger partial charge on any atom is -0.463 e. The van der Waals surface area contributed by atoms with Crippen molar-refractivity contribution in [3.05, 3.63) is 71.3 Å². The Balaban J connectivity index is 2.30. The van der Waals surface area contributed by atoms with Crippen LogP contribution in [-0.4, -0.2) is 24.8 Å². The van der Waals surface area contributed by atoms with Gasteiger partial charge in [0.2, 0.25) is 0 Å². The summed E-state index contributed by atoms with van der Waals surface area (Å²) in [6.45, 7) is 0.353. The Bertz CT molecular complexity index is 726. The van der Waals surface area contributed by atoms with Gasteiger partial charge in [0, 0.05) is 12.1 Å². The van der Waals surface area contributed by atoms with Crippen molar-refractivity contribution in [2.45, 2.75) is 12.6 Å². The second kappa shape index (κ2) is 8.03. The number of amides is 1. The van der Waals surface area contributed by atoms with Crippen LogP contribution in [0.15, 0.2) is 54.6 Å². The molecule has 1 amide bonds. The zero-order chi connectivity index (χ0) is 17.5. The number of carbonyl (C=O) groups excluding carboxylic acids is 3. The number of methoxy groups -OCH3 is 1. The van der Waals surface area contributed by atoms with E-state index in [2.05, 4.69) is 10.1 Å². The van der Waals surface area contributed by atoms with Gasteiger partial charge in [-0.2, -0.15) is 0 Å².